The molecule has 2 heteroatoms. The van der Waals surface area contributed by atoms with Gasteiger partial charge in [0.15, 0.2) is 0 Å². The quantitative estimate of drug-likeness (QED) is 0.660. The van der Waals surface area contributed by atoms with Crippen LogP contribution in [0.2, 0.25) is 5.02 Å². The van der Waals surface area contributed by atoms with Gasteiger partial charge in [-0.05, 0) is 17.9 Å². The average molecular weight is 173 g/mol. The van der Waals surface area contributed by atoms with Crippen LogP contribution in [-0.4, -0.2) is 6.26 Å². The summed E-state index contributed by atoms with van der Waals surface area (Å²) in [5.41, 5.74) is 1.22. The number of halogens is 1. The second-order valence-corrected chi connectivity index (χ2v) is 3.30. The van der Waals surface area contributed by atoms with Crippen LogP contribution >= 0.6 is 23.4 Å². The first kappa shape index (κ1) is 7.96. The van der Waals surface area contributed by atoms with Gasteiger partial charge in [-0.2, -0.15) is 11.8 Å². The number of hydrogen-bond donors (Lipinski definition) is 0. The third kappa shape index (κ3) is 1.93. The maximum absolute atomic E-state index is 5.89. The van der Waals surface area contributed by atoms with Crippen molar-refractivity contribution < 1.29 is 0 Å². The zero-order valence-corrected chi connectivity index (χ0v) is 7.38. The summed E-state index contributed by atoms with van der Waals surface area (Å²) in [5, 5.41) is 0.872. The Hall–Kier alpha value is -0.140. The molecule has 0 nitrogen and oxygen atoms in total. The van der Waals surface area contributed by atoms with Gasteiger partial charge < -0.3 is 0 Å². The fraction of sp³-hybridized carbons (Fsp3) is 0.250. The summed E-state index contributed by atoms with van der Waals surface area (Å²) < 4.78 is 0. The molecule has 0 N–H and O–H groups in total. The van der Waals surface area contributed by atoms with Gasteiger partial charge in [-0.25, -0.2) is 0 Å². The first-order valence-corrected chi connectivity index (χ1v) is 4.84. The van der Waals surface area contributed by atoms with Gasteiger partial charge in [-0.3, -0.25) is 0 Å². The van der Waals surface area contributed by atoms with Gasteiger partial charge in [0.05, 0.1) is 0 Å². The van der Waals surface area contributed by atoms with Crippen LogP contribution in [0.15, 0.2) is 24.3 Å². The molecule has 1 aromatic carbocycles. The zero-order chi connectivity index (χ0) is 7.40. The highest BCUT2D eigenvalue weighted by molar-refractivity contribution is 7.97. The van der Waals surface area contributed by atoms with Crippen LogP contribution in [0.1, 0.15) is 5.56 Å². The molecular weight excluding hydrogens is 164 g/mol. The van der Waals surface area contributed by atoms with E-state index in [9.17, 15) is 0 Å². The zero-order valence-electron chi connectivity index (χ0n) is 5.80. The van der Waals surface area contributed by atoms with E-state index in [-0.39, 0.29) is 0 Å². The second-order valence-electron chi connectivity index (χ2n) is 2.02. The molecule has 0 radical (unpaired) electrons. The molecule has 0 spiro atoms. The van der Waals surface area contributed by atoms with E-state index < -0.39 is 0 Å². The number of thioether (sulfide) groups is 1. The topological polar surface area (TPSA) is 0 Å². The van der Waals surface area contributed by atoms with E-state index in [1.54, 1.807) is 11.8 Å². The summed E-state index contributed by atoms with van der Waals surface area (Å²) in [6, 6.07) is 7.94. The van der Waals surface area contributed by atoms with E-state index in [2.05, 4.69) is 12.3 Å². The average Bonchev–Trinajstić information content (AvgIpc) is 1.94. The largest absolute Gasteiger partial charge is 0.161 e. The molecule has 0 atom stereocenters. The van der Waals surface area contributed by atoms with Crippen molar-refractivity contribution in [1.29, 1.82) is 0 Å². The Morgan fingerprint density at radius 2 is 2.10 bits per heavy atom. The van der Waals surface area contributed by atoms with E-state index in [0.29, 0.717) is 0 Å². The van der Waals surface area contributed by atoms with E-state index in [1.807, 2.05) is 18.2 Å². The maximum atomic E-state index is 5.89. The first-order chi connectivity index (χ1) is 4.84. The van der Waals surface area contributed by atoms with E-state index in [0.717, 1.165) is 10.8 Å². The molecule has 54 valence electrons. The fourth-order valence-electron chi connectivity index (χ4n) is 0.771. The third-order valence-corrected chi connectivity index (χ3v) is 2.23. The lowest BCUT2D eigenvalue weighted by Crippen LogP contribution is -1.79. The number of hydrogen-bond acceptors (Lipinski definition) is 1. The molecule has 1 aromatic rings. The van der Waals surface area contributed by atoms with Crippen molar-refractivity contribution >= 4 is 23.4 Å². The van der Waals surface area contributed by atoms with Gasteiger partial charge in [0.1, 0.15) is 0 Å². The highest BCUT2D eigenvalue weighted by atomic mass is 35.5. The Kier molecular flexibility index (Phi) is 3.10. The smallest absolute Gasteiger partial charge is 0.0446 e. The van der Waals surface area contributed by atoms with Crippen molar-refractivity contribution in [2.24, 2.45) is 0 Å². The van der Waals surface area contributed by atoms with Gasteiger partial charge in [-0.15, -0.1) is 0 Å². The standard InChI is InChI=1S/C8H9ClS/c1-10-6-7-4-2-3-5-8(7)9/h2-5H,6H2,1H3. The summed E-state index contributed by atoms with van der Waals surface area (Å²) in [6.07, 6.45) is 2.07. The van der Waals surface area contributed by atoms with Gasteiger partial charge in [0, 0.05) is 10.8 Å². The van der Waals surface area contributed by atoms with E-state index >= 15 is 0 Å². The summed E-state index contributed by atoms with van der Waals surface area (Å²) in [7, 11) is 0. The van der Waals surface area contributed by atoms with Crippen LogP contribution < -0.4 is 0 Å². The molecule has 0 bridgehead atoms. The van der Waals surface area contributed by atoms with Crippen molar-refractivity contribution in [1.82, 2.24) is 0 Å². The van der Waals surface area contributed by atoms with E-state index in [1.165, 1.54) is 5.56 Å². The summed E-state index contributed by atoms with van der Waals surface area (Å²) in [6.45, 7) is 0. The van der Waals surface area contributed by atoms with Crippen molar-refractivity contribution in [3.05, 3.63) is 34.9 Å². The van der Waals surface area contributed by atoms with Crippen LogP contribution in [-0.2, 0) is 5.75 Å². The fourth-order valence-corrected chi connectivity index (χ4v) is 1.62. The lowest BCUT2D eigenvalue weighted by molar-refractivity contribution is 1.42. The number of benzene rings is 1. The SMILES string of the molecule is CSCc1ccccc1Cl. The maximum Gasteiger partial charge on any atom is 0.0446 e. The Bertz CT molecular complexity index is 210. The predicted molar refractivity (Wildman–Crippen MR) is 48.7 cm³/mol. The highest BCUT2D eigenvalue weighted by Crippen LogP contribution is 2.18. The molecule has 0 aromatic heterocycles. The van der Waals surface area contributed by atoms with E-state index in [4.69, 9.17) is 11.6 Å². The van der Waals surface area contributed by atoms with Gasteiger partial charge in [-0.1, -0.05) is 29.8 Å². The van der Waals surface area contributed by atoms with Crippen LogP contribution in [0.5, 0.6) is 0 Å². The lowest BCUT2D eigenvalue weighted by Gasteiger charge is -1.98. The Balaban J connectivity index is 2.81. The molecule has 0 amide bonds. The normalized spacial score (nSPS) is 9.80. The monoisotopic (exact) mass is 172 g/mol. The summed E-state index contributed by atoms with van der Waals surface area (Å²) >= 11 is 7.67. The molecule has 0 heterocycles. The molecule has 0 aliphatic rings. The molecule has 1 rings (SSSR count). The van der Waals surface area contributed by atoms with Gasteiger partial charge >= 0.3 is 0 Å². The van der Waals surface area contributed by atoms with Crippen molar-refractivity contribution in [2.45, 2.75) is 5.75 Å². The van der Waals surface area contributed by atoms with Crippen LogP contribution in [0.25, 0.3) is 0 Å². The molecule has 0 saturated heterocycles. The minimum atomic E-state index is 0.872. The van der Waals surface area contributed by atoms with Crippen molar-refractivity contribution in [2.75, 3.05) is 6.26 Å². The minimum Gasteiger partial charge on any atom is -0.161 e. The molecule has 10 heavy (non-hydrogen) atoms. The van der Waals surface area contributed by atoms with Gasteiger partial charge in [0.25, 0.3) is 0 Å². The predicted octanol–water partition coefficient (Wildman–Crippen LogP) is 3.20. The lowest BCUT2D eigenvalue weighted by atomic mass is 10.2. The van der Waals surface area contributed by atoms with Crippen LogP contribution in [0, 0.1) is 0 Å². The molecule has 0 aliphatic heterocycles. The number of rotatable bonds is 2. The molecule has 0 saturated carbocycles. The summed E-state index contributed by atoms with van der Waals surface area (Å²) in [5.74, 6) is 1.000. The molecule has 0 fully saturated rings. The van der Waals surface area contributed by atoms with Crippen LogP contribution in [0.3, 0.4) is 0 Å². The molecular formula is C8H9ClS. The highest BCUT2D eigenvalue weighted by Gasteiger charge is 1.94. The molecule has 0 aliphatic carbocycles. The Morgan fingerprint density at radius 3 is 2.70 bits per heavy atom. The first-order valence-electron chi connectivity index (χ1n) is 3.07. The van der Waals surface area contributed by atoms with Crippen molar-refractivity contribution in [3.63, 3.8) is 0 Å². The Labute approximate surface area is 70.6 Å². The second kappa shape index (κ2) is 3.89. The van der Waals surface area contributed by atoms with Crippen molar-refractivity contribution in [3.8, 4) is 0 Å². The third-order valence-electron chi connectivity index (χ3n) is 1.26. The van der Waals surface area contributed by atoms with Gasteiger partial charge in [0.2, 0.25) is 0 Å². The Morgan fingerprint density at radius 1 is 1.40 bits per heavy atom. The van der Waals surface area contributed by atoms with Crippen LogP contribution in [0.4, 0.5) is 0 Å². The summed E-state index contributed by atoms with van der Waals surface area (Å²) in [4.78, 5) is 0. The molecule has 0 unspecified atom stereocenters. The minimum absolute atomic E-state index is 0.872.